The maximum Gasteiger partial charge on any atom is 0.224 e. The van der Waals surface area contributed by atoms with Crippen molar-refractivity contribution < 1.29 is 9.53 Å². The fourth-order valence-corrected chi connectivity index (χ4v) is 2.53. The van der Waals surface area contributed by atoms with Crippen LogP contribution >= 0.6 is 12.4 Å². The van der Waals surface area contributed by atoms with Crippen molar-refractivity contribution in [3.8, 4) is 5.75 Å². The van der Waals surface area contributed by atoms with E-state index in [1.165, 1.54) is 12.8 Å². The van der Waals surface area contributed by atoms with Gasteiger partial charge in [0.05, 0.1) is 6.10 Å². The van der Waals surface area contributed by atoms with Crippen LogP contribution in [0.2, 0.25) is 0 Å². The Hall–Kier alpha value is -1.26. The van der Waals surface area contributed by atoms with Crippen LogP contribution < -0.4 is 15.8 Å². The van der Waals surface area contributed by atoms with Gasteiger partial charge in [0.2, 0.25) is 5.91 Å². The minimum Gasteiger partial charge on any atom is -0.490 e. The first-order valence-corrected chi connectivity index (χ1v) is 7.85. The zero-order chi connectivity index (χ0) is 15.2. The summed E-state index contributed by atoms with van der Waals surface area (Å²) in [6, 6.07) is 7.78. The molecule has 0 bridgehead atoms. The molecule has 2 rings (SSSR count). The third-order valence-corrected chi connectivity index (χ3v) is 4.22. The number of para-hydroxylation sites is 1. The van der Waals surface area contributed by atoms with Gasteiger partial charge >= 0.3 is 0 Å². The van der Waals surface area contributed by atoms with Crippen LogP contribution in [0, 0.1) is 5.92 Å². The first-order chi connectivity index (χ1) is 10.1. The molecule has 22 heavy (non-hydrogen) atoms. The Morgan fingerprint density at radius 1 is 1.32 bits per heavy atom. The molecule has 0 saturated heterocycles. The van der Waals surface area contributed by atoms with Gasteiger partial charge < -0.3 is 15.8 Å². The van der Waals surface area contributed by atoms with Crippen LogP contribution in [-0.2, 0) is 11.3 Å². The molecule has 4 nitrogen and oxygen atoms in total. The van der Waals surface area contributed by atoms with Crippen molar-refractivity contribution in [1.29, 1.82) is 0 Å². The summed E-state index contributed by atoms with van der Waals surface area (Å²) in [7, 11) is 0. The summed E-state index contributed by atoms with van der Waals surface area (Å²) < 4.78 is 6.07. The SMILES string of the molecule is CC(N)C(C)C(=O)NCc1ccccc1OC1CCCC1.Cl. The molecule has 0 aromatic heterocycles. The van der Waals surface area contributed by atoms with Gasteiger partial charge in [-0.15, -0.1) is 12.4 Å². The largest absolute Gasteiger partial charge is 0.490 e. The molecule has 5 heteroatoms. The number of nitrogens with two attached hydrogens (primary N) is 1. The number of nitrogens with one attached hydrogen (secondary N) is 1. The van der Waals surface area contributed by atoms with Crippen LogP contribution in [0.25, 0.3) is 0 Å². The number of carbonyl (C=O) groups is 1. The van der Waals surface area contributed by atoms with Crippen molar-refractivity contribution in [2.75, 3.05) is 0 Å². The van der Waals surface area contributed by atoms with E-state index in [4.69, 9.17) is 10.5 Å². The van der Waals surface area contributed by atoms with Crippen LogP contribution in [0.5, 0.6) is 5.75 Å². The zero-order valence-corrected chi connectivity index (χ0v) is 14.2. The summed E-state index contributed by atoms with van der Waals surface area (Å²) in [6.07, 6.45) is 5.07. The van der Waals surface area contributed by atoms with Crippen LogP contribution in [0.4, 0.5) is 0 Å². The van der Waals surface area contributed by atoms with Crippen LogP contribution in [0.3, 0.4) is 0 Å². The molecular formula is C17H27ClN2O2. The van der Waals surface area contributed by atoms with Crippen molar-refractivity contribution in [1.82, 2.24) is 5.32 Å². The van der Waals surface area contributed by atoms with Gasteiger partial charge in [-0.3, -0.25) is 4.79 Å². The highest BCUT2D eigenvalue weighted by Crippen LogP contribution is 2.26. The minimum atomic E-state index is -0.187. The summed E-state index contributed by atoms with van der Waals surface area (Å²) in [4.78, 5) is 12.0. The molecule has 1 fully saturated rings. The van der Waals surface area contributed by atoms with Crippen molar-refractivity contribution in [3.05, 3.63) is 29.8 Å². The molecule has 1 aliphatic rings. The summed E-state index contributed by atoms with van der Waals surface area (Å²) in [5.74, 6) is 0.687. The molecule has 0 spiro atoms. The number of carbonyl (C=O) groups excluding carboxylic acids is 1. The van der Waals surface area contributed by atoms with Gasteiger partial charge in [-0.1, -0.05) is 25.1 Å². The van der Waals surface area contributed by atoms with Crippen LogP contribution in [0.1, 0.15) is 45.1 Å². The first-order valence-electron chi connectivity index (χ1n) is 7.85. The number of ether oxygens (including phenoxy) is 1. The molecular weight excluding hydrogens is 300 g/mol. The van der Waals surface area contributed by atoms with E-state index >= 15 is 0 Å². The molecule has 3 N–H and O–H groups in total. The quantitative estimate of drug-likeness (QED) is 0.844. The number of amides is 1. The number of benzene rings is 1. The monoisotopic (exact) mass is 326 g/mol. The molecule has 0 radical (unpaired) electrons. The van der Waals surface area contributed by atoms with Gasteiger partial charge in [0.25, 0.3) is 0 Å². The van der Waals surface area contributed by atoms with E-state index in [-0.39, 0.29) is 30.3 Å². The molecule has 2 atom stereocenters. The fraction of sp³-hybridized carbons (Fsp3) is 0.588. The Labute approximate surface area is 139 Å². The van der Waals surface area contributed by atoms with E-state index in [0.717, 1.165) is 24.2 Å². The van der Waals surface area contributed by atoms with E-state index in [0.29, 0.717) is 12.6 Å². The predicted molar refractivity (Wildman–Crippen MR) is 91.2 cm³/mol. The average molecular weight is 327 g/mol. The summed E-state index contributed by atoms with van der Waals surface area (Å²) in [5, 5.41) is 2.95. The summed E-state index contributed by atoms with van der Waals surface area (Å²) in [5.41, 5.74) is 6.78. The Balaban J connectivity index is 0.00000242. The fourth-order valence-electron chi connectivity index (χ4n) is 2.53. The molecule has 2 unspecified atom stereocenters. The molecule has 124 valence electrons. The first kappa shape index (κ1) is 18.8. The Morgan fingerprint density at radius 3 is 2.59 bits per heavy atom. The topological polar surface area (TPSA) is 64.4 Å². The lowest BCUT2D eigenvalue weighted by Crippen LogP contribution is -2.38. The number of rotatable bonds is 6. The van der Waals surface area contributed by atoms with Crippen molar-refractivity contribution in [3.63, 3.8) is 0 Å². The number of halogens is 1. The average Bonchev–Trinajstić information content (AvgIpc) is 2.98. The maximum atomic E-state index is 12.0. The highest BCUT2D eigenvalue weighted by atomic mass is 35.5. The zero-order valence-electron chi connectivity index (χ0n) is 13.4. The highest BCUT2D eigenvalue weighted by Gasteiger charge is 2.19. The molecule has 0 aliphatic heterocycles. The highest BCUT2D eigenvalue weighted by molar-refractivity contribution is 5.85. The lowest BCUT2D eigenvalue weighted by atomic mass is 10.0. The smallest absolute Gasteiger partial charge is 0.224 e. The second kappa shape index (κ2) is 9.01. The Kier molecular flexibility index (Phi) is 7.69. The maximum absolute atomic E-state index is 12.0. The lowest BCUT2D eigenvalue weighted by Gasteiger charge is -2.18. The van der Waals surface area contributed by atoms with Gasteiger partial charge in [0.15, 0.2) is 0 Å². The van der Waals surface area contributed by atoms with Gasteiger partial charge in [-0.2, -0.15) is 0 Å². The number of hydrogen-bond acceptors (Lipinski definition) is 3. The molecule has 1 aliphatic carbocycles. The molecule has 1 aromatic carbocycles. The van der Waals surface area contributed by atoms with Gasteiger partial charge in [-0.05, 0) is 38.7 Å². The third kappa shape index (κ3) is 5.18. The Bertz CT molecular complexity index is 473. The van der Waals surface area contributed by atoms with E-state index in [1.54, 1.807) is 0 Å². The van der Waals surface area contributed by atoms with E-state index in [1.807, 2.05) is 38.1 Å². The third-order valence-electron chi connectivity index (χ3n) is 4.22. The van der Waals surface area contributed by atoms with Gasteiger partial charge in [0, 0.05) is 24.1 Å². The summed E-state index contributed by atoms with van der Waals surface area (Å²) in [6.45, 7) is 4.18. The van der Waals surface area contributed by atoms with E-state index < -0.39 is 0 Å². The van der Waals surface area contributed by atoms with Crippen LogP contribution in [0.15, 0.2) is 24.3 Å². The van der Waals surface area contributed by atoms with Gasteiger partial charge in [0.1, 0.15) is 5.75 Å². The standard InChI is InChI=1S/C17H26N2O2.ClH/c1-12(13(2)18)17(20)19-11-14-7-3-6-10-16(14)21-15-8-4-5-9-15;/h3,6-7,10,12-13,15H,4-5,8-9,11,18H2,1-2H3,(H,19,20);1H. The normalized spacial score (nSPS) is 17.4. The molecule has 1 amide bonds. The second-order valence-corrected chi connectivity index (χ2v) is 6.00. The lowest BCUT2D eigenvalue weighted by molar-refractivity contribution is -0.125. The molecule has 0 heterocycles. The second-order valence-electron chi connectivity index (χ2n) is 6.00. The minimum absolute atomic E-state index is 0. The molecule has 1 saturated carbocycles. The van der Waals surface area contributed by atoms with E-state index in [9.17, 15) is 4.79 Å². The Morgan fingerprint density at radius 2 is 1.95 bits per heavy atom. The van der Waals surface area contributed by atoms with E-state index in [2.05, 4.69) is 5.32 Å². The van der Waals surface area contributed by atoms with Crippen molar-refractivity contribution in [2.45, 2.75) is 58.2 Å². The summed E-state index contributed by atoms with van der Waals surface area (Å²) >= 11 is 0. The van der Waals surface area contributed by atoms with Crippen molar-refractivity contribution in [2.24, 2.45) is 11.7 Å². The van der Waals surface area contributed by atoms with Gasteiger partial charge in [-0.25, -0.2) is 0 Å². The van der Waals surface area contributed by atoms with Crippen molar-refractivity contribution >= 4 is 18.3 Å². The predicted octanol–water partition coefficient (Wildman–Crippen LogP) is 3.03. The molecule has 1 aromatic rings. The van der Waals surface area contributed by atoms with Crippen LogP contribution in [-0.4, -0.2) is 18.1 Å². The number of hydrogen-bond donors (Lipinski definition) is 2.